The zero-order chi connectivity index (χ0) is 20.4. The van der Waals surface area contributed by atoms with Gasteiger partial charge in [-0.15, -0.1) is 0 Å². The van der Waals surface area contributed by atoms with Gasteiger partial charge in [0, 0.05) is 23.7 Å². The molecule has 5 heteroatoms. The highest BCUT2D eigenvalue weighted by molar-refractivity contribution is 6.08. The van der Waals surface area contributed by atoms with E-state index in [-0.39, 0.29) is 11.2 Å². The van der Waals surface area contributed by atoms with E-state index in [2.05, 4.69) is 10.6 Å². The van der Waals surface area contributed by atoms with Crippen molar-refractivity contribution in [3.8, 4) is 11.1 Å². The number of hydrogen-bond acceptors (Lipinski definition) is 2. The molecular weight excluding hydrogens is 362 g/mol. The third kappa shape index (κ3) is 3.50. The average molecular weight is 383 g/mol. The maximum Gasteiger partial charge on any atom is 0.323 e. The summed E-state index contributed by atoms with van der Waals surface area (Å²) in [5.41, 5.74) is 4.02. The number of aryl methyl sites for hydroxylation is 2. The molecule has 0 radical (unpaired) electrons. The largest absolute Gasteiger partial charge is 0.323 e. The second-order valence-electron chi connectivity index (χ2n) is 6.89. The van der Waals surface area contributed by atoms with Crippen LogP contribution >= 0.6 is 0 Å². The van der Waals surface area contributed by atoms with Crippen LogP contribution < -0.4 is 16.2 Å². The molecule has 2 amide bonds. The van der Waals surface area contributed by atoms with E-state index in [4.69, 9.17) is 0 Å². The van der Waals surface area contributed by atoms with Crippen molar-refractivity contribution < 1.29 is 4.79 Å². The van der Waals surface area contributed by atoms with Gasteiger partial charge in [0.1, 0.15) is 5.69 Å². The summed E-state index contributed by atoms with van der Waals surface area (Å²) in [6, 6.07) is 24.4. The lowest BCUT2D eigenvalue weighted by Gasteiger charge is -2.17. The molecule has 0 aliphatic heterocycles. The van der Waals surface area contributed by atoms with Crippen LogP contribution in [0.5, 0.6) is 0 Å². The molecule has 0 bridgehead atoms. The van der Waals surface area contributed by atoms with E-state index in [1.807, 2.05) is 85.8 Å². The summed E-state index contributed by atoms with van der Waals surface area (Å²) in [4.78, 5) is 25.9. The number of pyridine rings is 1. The van der Waals surface area contributed by atoms with Gasteiger partial charge in [-0.05, 0) is 30.2 Å². The van der Waals surface area contributed by atoms with E-state index in [0.717, 1.165) is 22.0 Å². The molecule has 29 heavy (non-hydrogen) atoms. The number of aromatic nitrogens is 1. The summed E-state index contributed by atoms with van der Waals surface area (Å²) < 4.78 is 1.56. The summed E-state index contributed by atoms with van der Waals surface area (Å²) in [7, 11) is 1.71. The van der Waals surface area contributed by atoms with Crippen molar-refractivity contribution in [1.82, 2.24) is 4.57 Å². The van der Waals surface area contributed by atoms with E-state index in [0.29, 0.717) is 11.3 Å². The van der Waals surface area contributed by atoms with Crippen LogP contribution in [0, 0.1) is 6.92 Å². The first kappa shape index (κ1) is 18.5. The number of benzene rings is 3. The number of nitrogens with one attached hydrogen (secondary N) is 2. The van der Waals surface area contributed by atoms with Crippen molar-refractivity contribution in [1.29, 1.82) is 0 Å². The number of nitrogens with zero attached hydrogens (tertiary/aromatic N) is 1. The van der Waals surface area contributed by atoms with Crippen LogP contribution in [0.15, 0.2) is 83.7 Å². The molecular formula is C24H21N3O2. The van der Waals surface area contributed by atoms with Gasteiger partial charge >= 0.3 is 6.03 Å². The second kappa shape index (κ2) is 7.64. The van der Waals surface area contributed by atoms with Crippen LogP contribution in [0.4, 0.5) is 16.2 Å². The molecule has 0 aliphatic rings. The van der Waals surface area contributed by atoms with E-state index in [1.54, 1.807) is 11.6 Å². The molecule has 0 fully saturated rings. The molecule has 0 saturated carbocycles. The van der Waals surface area contributed by atoms with E-state index in [1.165, 1.54) is 0 Å². The Morgan fingerprint density at radius 3 is 2.24 bits per heavy atom. The predicted molar refractivity (Wildman–Crippen MR) is 118 cm³/mol. The molecule has 4 rings (SSSR count). The Hall–Kier alpha value is -3.86. The van der Waals surface area contributed by atoms with Gasteiger partial charge in [-0.25, -0.2) is 4.79 Å². The zero-order valence-corrected chi connectivity index (χ0v) is 16.3. The zero-order valence-electron chi connectivity index (χ0n) is 16.3. The fourth-order valence-electron chi connectivity index (χ4n) is 3.50. The first-order valence-electron chi connectivity index (χ1n) is 9.37. The first-order chi connectivity index (χ1) is 14.1. The Labute approximate surface area is 168 Å². The van der Waals surface area contributed by atoms with Gasteiger partial charge in [0.15, 0.2) is 0 Å². The predicted octanol–water partition coefficient (Wildman–Crippen LogP) is 5.16. The number of hydrogen-bond donors (Lipinski definition) is 2. The quantitative estimate of drug-likeness (QED) is 0.513. The van der Waals surface area contributed by atoms with Gasteiger partial charge in [0.05, 0.1) is 5.52 Å². The maximum absolute atomic E-state index is 13.2. The summed E-state index contributed by atoms with van der Waals surface area (Å²) in [5.74, 6) is 0. The number of carbonyl (C=O) groups is 1. The molecule has 0 saturated heterocycles. The Morgan fingerprint density at radius 2 is 1.48 bits per heavy atom. The smallest absolute Gasteiger partial charge is 0.310 e. The van der Waals surface area contributed by atoms with Gasteiger partial charge in [0.25, 0.3) is 5.56 Å². The van der Waals surface area contributed by atoms with Gasteiger partial charge in [-0.2, -0.15) is 0 Å². The van der Waals surface area contributed by atoms with Crippen LogP contribution in [0.1, 0.15) is 5.56 Å². The van der Waals surface area contributed by atoms with Crippen molar-refractivity contribution >= 4 is 28.3 Å². The Kier molecular flexibility index (Phi) is 4.87. The van der Waals surface area contributed by atoms with Gasteiger partial charge < -0.3 is 15.2 Å². The number of urea groups is 1. The molecule has 5 nitrogen and oxygen atoms in total. The third-order valence-electron chi connectivity index (χ3n) is 5.00. The highest BCUT2D eigenvalue weighted by Crippen LogP contribution is 2.33. The van der Waals surface area contributed by atoms with Crippen molar-refractivity contribution in [2.45, 2.75) is 6.92 Å². The summed E-state index contributed by atoms with van der Waals surface area (Å²) in [5, 5.41) is 6.53. The van der Waals surface area contributed by atoms with Crippen LogP contribution in [0.2, 0.25) is 0 Å². The van der Waals surface area contributed by atoms with E-state index >= 15 is 0 Å². The van der Waals surface area contributed by atoms with Crippen LogP contribution in [-0.2, 0) is 7.05 Å². The molecule has 0 aliphatic carbocycles. The molecule has 1 heterocycles. The highest BCUT2D eigenvalue weighted by Gasteiger charge is 2.18. The van der Waals surface area contributed by atoms with E-state index < -0.39 is 6.03 Å². The number of para-hydroxylation sites is 2. The summed E-state index contributed by atoms with van der Waals surface area (Å²) in [6.45, 7) is 1.92. The normalized spacial score (nSPS) is 10.7. The topological polar surface area (TPSA) is 63.1 Å². The Morgan fingerprint density at radius 1 is 0.828 bits per heavy atom. The number of carbonyl (C=O) groups excluding carboxylic acids is 1. The van der Waals surface area contributed by atoms with Crippen LogP contribution in [0.25, 0.3) is 22.0 Å². The number of anilines is 2. The molecule has 0 spiro atoms. The van der Waals surface area contributed by atoms with Crippen LogP contribution in [-0.4, -0.2) is 10.6 Å². The third-order valence-corrected chi connectivity index (χ3v) is 5.00. The maximum atomic E-state index is 13.2. The van der Waals surface area contributed by atoms with Crippen molar-refractivity contribution in [3.05, 3.63) is 94.8 Å². The van der Waals surface area contributed by atoms with Gasteiger partial charge in [-0.1, -0.05) is 66.7 Å². The molecule has 2 N–H and O–H groups in total. The van der Waals surface area contributed by atoms with Crippen molar-refractivity contribution in [2.75, 3.05) is 10.6 Å². The summed E-state index contributed by atoms with van der Waals surface area (Å²) in [6.07, 6.45) is 0. The molecule has 0 unspecified atom stereocenters. The van der Waals surface area contributed by atoms with E-state index in [9.17, 15) is 9.59 Å². The van der Waals surface area contributed by atoms with Crippen LogP contribution in [0.3, 0.4) is 0 Å². The number of fused-ring (bicyclic) bond motifs is 1. The number of amides is 2. The van der Waals surface area contributed by atoms with Gasteiger partial charge in [0.2, 0.25) is 0 Å². The van der Waals surface area contributed by atoms with Gasteiger partial charge in [-0.3, -0.25) is 4.79 Å². The van der Waals surface area contributed by atoms with Crippen molar-refractivity contribution in [2.24, 2.45) is 7.05 Å². The fraction of sp³-hybridized carbons (Fsp3) is 0.0833. The Bertz CT molecular complexity index is 1260. The summed E-state index contributed by atoms with van der Waals surface area (Å²) >= 11 is 0. The Balaban J connectivity index is 1.85. The minimum absolute atomic E-state index is 0.253. The molecule has 1 aromatic heterocycles. The molecule has 3 aromatic carbocycles. The monoisotopic (exact) mass is 383 g/mol. The minimum atomic E-state index is -0.455. The lowest BCUT2D eigenvalue weighted by molar-refractivity contribution is 0.262. The van der Waals surface area contributed by atoms with Crippen molar-refractivity contribution in [3.63, 3.8) is 0 Å². The number of rotatable bonds is 3. The SMILES string of the molecule is Cc1ccccc1NC(=O)Nc1c(-c2ccccc2)c2ccccc2n(C)c1=O. The first-order valence-corrected chi connectivity index (χ1v) is 9.37. The molecule has 4 aromatic rings. The lowest BCUT2D eigenvalue weighted by atomic mass is 9.99. The average Bonchev–Trinajstić information content (AvgIpc) is 2.74. The standard InChI is InChI=1S/C24H21N3O2/c1-16-10-6-8-14-19(16)25-24(29)26-22-21(17-11-4-3-5-12-17)18-13-7-9-15-20(18)27(2)23(22)28/h3-15H,1-2H3,(H2,25,26,29). The minimum Gasteiger partial charge on any atom is -0.310 e. The second-order valence-corrected chi connectivity index (χ2v) is 6.89. The molecule has 144 valence electrons. The fourth-order valence-corrected chi connectivity index (χ4v) is 3.50. The lowest BCUT2D eigenvalue weighted by Crippen LogP contribution is -2.28. The highest BCUT2D eigenvalue weighted by atomic mass is 16.2. The molecule has 0 atom stereocenters.